The van der Waals surface area contributed by atoms with Gasteiger partial charge >= 0.3 is 18.3 Å². The van der Waals surface area contributed by atoms with E-state index in [9.17, 15) is 35.9 Å². The lowest BCUT2D eigenvalue weighted by Gasteiger charge is -2.23. The van der Waals surface area contributed by atoms with E-state index in [1.807, 2.05) is 0 Å². The molecule has 0 heterocycles. The Morgan fingerprint density at radius 3 is 2.21 bits per heavy atom. The van der Waals surface area contributed by atoms with Gasteiger partial charge in [0.25, 0.3) is 5.91 Å². The third-order valence-electron chi connectivity index (χ3n) is 6.07. The Balaban J connectivity index is 1.84. The van der Waals surface area contributed by atoms with Crippen molar-refractivity contribution in [3.8, 4) is 11.5 Å². The van der Waals surface area contributed by atoms with Gasteiger partial charge in [0.1, 0.15) is 0 Å². The zero-order chi connectivity index (χ0) is 28.3. The Kier molecular flexibility index (Phi) is 8.63. The molecule has 0 radical (unpaired) electrons. The Morgan fingerprint density at radius 2 is 1.63 bits per heavy atom. The summed E-state index contributed by atoms with van der Waals surface area (Å²) in [6.45, 7) is 1.74. The van der Waals surface area contributed by atoms with Gasteiger partial charge in [0.05, 0.1) is 43.4 Å². The van der Waals surface area contributed by atoms with Crippen LogP contribution in [0.4, 0.5) is 26.3 Å². The summed E-state index contributed by atoms with van der Waals surface area (Å²) in [6.07, 6.45) is -6.91. The van der Waals surface area contributed by atoms with Crippen LogP contribution in [0.5, 0.6) is 11.5 Å². The van der Waals surface area contributed by atoms with Crippen molar-refractivity contribution >= 4 is 11.9 Å². The van der Waals surface area contributed by atoms with E-state index in [1.54, 1.807) is 31.2 Å². The summed E-state index contributed by atoms with van der Waals surface area (Å²) in [4.78, 5) is 25.6. The SMILES string of the molecule is CCOC(=O)[C@H](c1ccc(OC)c(OC)c1)[C@@H]1C=C[C@H](NC(=O)c2ccc(C(F)(F)F)cc2C(F)(F)F)C1. The van der Waals surface area contributed by atoms with Gasteiger partial charge in [0.15, 0.2) is 11.5 Å². The number of ether oxygens (including phenoxy) is 3. The highest BCUT2D eigenvalue weighted by molar-refractivity contribution is 5.96. The molecule has 0 aliphatic heterocycles. The second-order valence-corrected chi connectivity index (χ2v) is 8.46. The van der Waals surface area contributed by atoms with Gasteiger partial charge in [0, 0.05) is 6.04 Å². The Labute approximate surface area is 214 Å². The molecular weight excluding hydrogens is 520 g/mol. The first kappa shape index (κ1) is 28.9. The van der Waals surface area contributed by atoms with E-state index in [0.717, 1.165) is 0 Å². The molecule has 2 aromatic carbocycles. The minimum atomic E-state index is -5.19. The van der Waals surface area contributed by atoms with Crippen molar-refractivity contribution in [1.82, 2.24) is 5.32 Å². The number of amides is 1. The first-order chi connectivity index (χ1) is 17.8. The van der Waals surface area contributed by atoms with Crippen LogP contribution in [0.15, 0.2) is 48.6 Å². The fourth-order valence-corrected chi connectivity index (χ4v) is 4.32. The third kappa shape index (κ3) is 6.40. The molecule has 3 atom stereocenters. The monoisotopic (exact) mass is 545 g/mol. The summed E-state index contributed by atoms with van der Waals surface area (Å²) in [5, 5.41) is 2.41. The van der Waals surface area contributed by atoms with E-state index < -0.39 is 58.8 Å². The number of hydrogen-bond acceptors (Lipinski definition) is 5. The molecule has 0 spiro atoms. The normalized spacial score (nSPS) is 18.1. The lowest BCUT2D eigenvalue weighted by molar-refractivity contribution is -0.146. The van der Waals surface area contributed by atoms with Crippen molar-refractivity contribution in [3.63, 3.8) is 0 Å². The fraction of sp³-hybridized carbons (Fsp3) is 0.385. The van der Waals surface area contributed by atoms with Crippen molar-refractivity contribution in [1.29, 1.82) is 0 Å². The first-order valence-corrected chi connectivity index (χ1v) is 11.5. The number of esters is 1. The molecule has 206 valence electrons. The topological polar surface area (TPSA) is 73.9 Å². The van der Waals surface area contributed by atoms with Gasteiger partial charge in [-0.15, -0.1) is 0 Å². The van der Waals surface area contributed by atoms with Crippen molar-refractivity contribution in [2.75, 3.05) is 20.8 Å². The van der Waals surface area contributed by atoms with E-state index in [4.69, 9.17) is 14.2 Å². The van der Waals surface area contributed by atoms with Crippen molar-refractivity contribution < 1.29 is 50.1 Å². The molecular formula is C26H25F6NO5. The highest BCUT2D eigenvalue weighted by Gasteiger charge is 2.40. The van der Waals surface area contributed by atoms with E-state index in [1.165, 1.54) is 20.3 Å². The number of carbonyl (C=O) groups excluding carboxylic acids is 2. The van der Waals surface area contributed by atoms with Gasteiger partial charge in [-0.1, -0.05) is 18.2 Å². The molecule has 6 nitrogen and oxygen atoms in total. The van der Waals surface area contributed by atoms with Gasteiger partial charge in [-0.2, -0.15) is 26.3 Å². The number of halogens is 6. The van der Waals surface area contributed by atoms with E-state index in [0.29, 0.717) is 29.2 Å². The quantitative estimate of drug-likeness (QED) is 0.259. The van der Waals surface area contributed by atoms with E-state index in [-0.39, 0.29) is 19.1 Å². The van der Waals surface area contributed by atoms with Crippen LogP contribution in [0.25, 0.3) is 0 Å². The number of benzene rings is 2. The average Bonchev–Trinajstić information content (AvgIpc) is 3.30. The first-order valence-electron chi connectivity index (χ1n) is 11.5. The van der Waals surface area contributed by atoms with Crippen molar-refractivity contribution in [2.45, 2.75) is 37.7 Å². The number of alkyl halides is 6. The number of carbonyl (C=O) groups is 2. The van der Waals surface area contributed by atoms with Crippen LogP contribution in [-0.2, 0) is 21.9 Å². The zero-order valence-corrected chi connectivity index (χ0v) is 20.6. The van der Waals surface area contributed by atoms with Crippen LogP contribution in [0.1, 0.15) is 46.3 Å². The fourth-order valence-electron chi connectivity index (χ4n) is 4.32. The molecule has 1 aliphatic rings. The summed E-state index contributed by atoms with van der Waals surface area (Å²) in [5.74, 6) is -2.28. The van der Waals surface area contributed by atoms with Crippen LogP contribution in [0, 0.1) is 5.92 Å². The summed E-state index contributed by atoms with van der Waals surface area (Å²) < 4.78 is 95.1. The van der Waals surface area contributed by atoms with Crippen molar-refractivity contribution in [3.05, 3.63) is 70.8 Å². The largest absolute Gasteiger partial charge is 0.493 e. The highest BCUT2D eigenvalue weighted by atomic mass is 19.4. The maximum Gasteiger partial charge on any atom is 0.417 e. The van der Waals surface area contributed by atoms with Gasteiger partial charge in [-0.3, -0.25) is 9.59 Å². The van der Waals surface area contributed by atoms with Crippen LogP contribution < -0.4 is 14.8 Å². The standard InChI is InChI=1S/C26H25F6NO5/c1-4-38-24(35)22(15-6-10-20(36-2)21(12-15)37-3)14-5-8-17(11-14)33-23(34)18-9-7-16(25(27,28)29)13-19(18)26(30,31)32/h5-10,12-14,17,22H,4,11H2,1-3H3,(H,33,34)/t14-,17+,22+/m1/s1. The summed E-state index contributed by atoms with van der Waals surface area (Å²) in [6, 6.07) is 4.93. The van der Waals surface area contributed by atoms with Crippen LogP contribution in [0.2, 0.25) is 0 Å². The van der Waals surface area contributed by atoms with Crippen LogP contribution in [0.3, 0.4) is 0 Å². The molecule has 3 rings (SSSR count). The second-order valence-electron chi connectivity index (χ2n) is 8.46. The molecule has 0 fully saturated rings. The number of hydrogen-bond donors (Lipinski definition) is 1. The number of methoxy groups -OCH3 is 2. The predicted octanol–water partition coefficient (Wildman–Crippen LogP) is 5.76. The Bertz CT molecular complexity index is 1210. The molecule has 0 saturated carbocycles. The second kappa shape index (κ2) is 11.4. The molecule has 1 aliphatic carbocycles. The molecule has 12 heteroatoms. The Hall–Kier alpha value is -3.70. The van der Waals surface area contributed by atoms with Gasteiger partial charge < -0.3 is 19.5 Å². The lowest BCUT2D eigenvalue weighted by atomic mass is 9.85. The van der Waals surface area contributed by atoms with Gasteiger partial charge in [-0.25, -0.2) is 0 Å². The minimum Gasteiger partial charge on any atom is -0.493 e. The summed E-state index contributed by atoms with van der Waals surface area (Å²) >= 11 is 0. The number of allylic oxidation sites excluding steroid dienone is 1. The molecule has 0 aromatic heterocycles. The van der Waals surface area contributed by atoms with E-state index >= 15 is 0 Å². The van der Waals surface area contributed by atoms with Crippen LogP contribution >= 0.6 is 0 Å². The van der Waals surface area contributed by atoms with Crippen LogP contribution in [-0.4, -0.2) is 38.7 Å². The van der Waals surface area contributed by atoms with Gasteiger partial charge in [0.2, 0.25) is 0 Å². The molecule has 38 heavy (non-hydrogen) atoms. The summed E-state index contributed by atoms with van der Waals surface area (Å²) in [7, 11) is 2.88. The summed E-state index contributed by atoms with van der Waals surface area (Å²) in [5.41, 5.74) is -3.62. The molecule has 1 N–H and O–H groups in total. The maximum atomic E-state index is 13.5. The molecule has 1 amide bonds. The van der Waals surface area contributed by atoms with Gasteiger partial charge in [-0.05, 0) is 55.2 Å². The van der Waals surface area contributed by atoms with E-state index in [2.05, 4.69) is 5.32 Å². The average molecular weight is 545 g/mol. The predicted molar refractivity (Wildman–Crippen MR) is 124 cm³/mol. The third-order valence-corrected chi connectivity index (χ3v) is 6.07. The molecule has 2 aromatic rings. The molecule has 0 bridgehead atoms. The number of rotatable bonds is 8. The molecule has 0 unspecified atom stereocenters. The highest BCUT2D eigenvalue weighted by Crippen LogP contribution is 2.40. The lowest BCUT2D eigenvalue weighted by Crippen LogP contribution is -2.35. The van der Waals surface area contributed by atoms with Crippen molar-refractivity contribution in [2.24, 2.45) is 5.92 Å². The smallest absolute Gasteiger partial charge is 0.417 e. The number of nitrogens with one attached hydrogen (secondary N) is 1. The Morgan fingerprint density at radius 1 is 0.947 bits per heavy atom. The zero-order valence-electron chi connectivity index (χ0n) is 20.6. The maximum absolute atomic E-state index is 13.5. The minimum absolute atomic E-state index is 0.0872. The molecule has 0 saturated heterocycles.